The summed E-state index contributed by atoms with van der Waals surface area (Å²) in [4.78, 5) is 16.7. The Morgan fingerprint density at radius 2 is 1.78 bits per heavy atom. The normalized spacial score (nSPS) is 10.5. The van der Waals surface area contributed by atoms with E-state index in [1.807, 2.05) is 29.6 Å². The molecule has 1 heterocycles. The van der Waals surface area contributed by atoms with Gasteiger partial charge in [-0.3, -0.25) is 5.32 Å². The number of thiazole rings is 1. The van der Waals surface area contributed by atoms with Crippen LogP contribution in [-0.4, -0.2) is 18.1 Å². The number of benzene rings is 2. The molecule has 0 bridgehead atoms. The van der Waals surface area contributed by atoms with E-state index in [0.717, 1.165) is 22.6 Å². The van der Waals surface area contributed by atoms with Crippen LogP contribution in [0, 0.1) is 20.8 Å². The maximum Gasteiger partial charge on any atom is 0.321 e. The second-order valence-electron chi connectivity index (χ2n) is 6.47. The summed E-state index contributed by atoms with van der Waals surface area (Å²) in [6.07, 6.45) is 0. The van der Waals surface area contributed by atoms with Crippen LogP contribution in [0.3, 0.4) is 0 Å². The maximum absolute atomic E-state index is 12.2. The van der Waals surface area contributed by atoms with Gasteiger partial charge in [0.15, 0.2) is 5.13 Å². The van der Waals surface area contributed by atoms with Crippen molar-refractivity contribution in [1.29, 1.82) is 0 Å². The van der Waals surface area contributed by atoms with Crippen LogP contribution in [0.5, 0.6) is 5.75 Å². The molecule has 3 aromatic rings. The number of anilines is 1. The number of rotatable bonds is 5. The summed E-state index contributed by atoms with van der Waals surface area (Å²) in [7, 11) is 1.63. The lowest BCUT2D eigenvalue weighted by Crippen LogP contribution is -2.28. The quantitative estimate of drug-likeness (QED) is 0.649. The average Bonchev–Trinajstić information content (AvgIpc) is 3.07. The molecule has 0 atom stereocenters. The predicted molar refractivity (Wildman–Crippen MR) is 111 cm³/mol. The molecule has 0 radical (unpaired) electrons. The van der Waals surface area contributed by atoms with Crippen LogP contribution >= 0.6 is 11.3 Å². The number of nitrogens with one attached hydrogen (secondary N) is 2. The van der Waals surface area contributed by atoms with E-state index in [9.17, 15) is 4.79 Å². The second-order valence-corrected chi connectivity index (χ2v) is 7.33. The van der Waals surface area contributed by atoms with Gasteiger partial charge in [-0.05, 0) is 49.6 Å². The maximum atomic E-state index is 12.2. The number of carbonyl (C=O) groups is 1. The first-order valence-corrected chi connectivity index (χ1v) is 9.56. The van der Waals surface area contributed by atoms with Crippen LogP contribution in [0.2, 0.25) is 0 Å². The van der Waals surface area contributed by atoms with Gasteiger partial charge in [0.05, 0.1) is 12.8 Å². The summed E-state index contributed by atoms with van der Waals surface area (Å²) in [6.45, 7) is 6.70. The first-order chi connectivity index (χ1) is 13.0. The highest BCUT2D eigenvalue weighted by molar-refractivity contribution is 7.14. The first kappa shape index (κ1) is 18.9. The van der Waals surface area contributed by atoms with E-state index in [0.29, 0.717) is 11.7 Å². The summed E-state index contributed by atoms with van der Waals surface area (Å²) >= 11 is 1.42. The minimum atomic E-state index is -0.274. The van der Waals surface area contributed by atoms with Crippen molar-refractivity contribution in [2.24, 2.45) is 0 Å². The molecular formula is C21H23N3O2S. The van der Waals surface area contributed by atoms with Gasteiger partial charge in [0, 0.05) is 17.5 Å². The molecule has 0 saturated heterocycles. The summed E-state index contributed by atoms with van der Waals surface area (Å²) in [5.41, 5.74) is 6.63. The molecular weight excluding hydrogens is 358 g/mol. The van der Waals surface area contributed by atoms with Crippen molar-refractivity contribution < 1.29 is 9.53 Å². The SMILES string of the molecule is COc1ccc(CNC(=O)Nc2nc(-c3c(C)cc(C)cc3C)cs2)cc1. The van der Waals surface area contributed by atoms with Gasteiger partial charge in [0.25, 0.3) is 0 Å². The molecule has 2 N–H and O–H groups in total. The number of hydrogen-bond acceptors (Lipinski definition) is 4. The van der Waals surface area contributed by atoms with Crippen LogP contribution in [0.15, 0.2) is 41.8 Å². The molecule has 5 nitrogen and oxygen atoms in total. The van der Waals surface area contributed by atoms with Gasteiger partial charge in [-0.2, -0.15) is 0 Å². The van der Waals surface area contributed by atoms with Crippen molar-refractivity contribution in [2.45, 2.75) is 27.3 Å². The van der Waals surface area contributed by atoms with Crippen molar-refractivity contribution >= 4 is 22.5 Å². The Labute approximate surface area is 163 Å². The Morgan fingerprint density at radius 3 is 2.41 bits per heavy atom. The number of ether oxygens (including phenoxy) is 1. The molecule has 1 aromatic heterocycles. The number of carbonyl (C=O) groups excluding carboxylic acids is 1. The van der Waals surface area contributed by atoms with Gasteiger partial charge in [-0.25, -0.2) is 9.78 Å². The fourth-order valence-electron chi connectivity index (χ4n) is 3.10. The van der Waals surface area contributed by atoms with E-state index >= 15 is 0 Å². The summed E-state index contributed by atoms with van der Waals surface area (Å²) in [5, 5.41) is 8.20. The minimum Gasteiger partial charge on any atom is -0.497 e. The Morgan fingerprint density at radius 1 is 1.11 bits per heavy atom. The third-order valence-electron chi connectivity index (χ3n) is 4.27. The molecule has 3 rings (SSSR count). The van der Waals surface area contributed by atoms with Crippen molar-refractivity contribution in [3.8, 4) is 17.0 Å². The molecule has 6 heteroatoms. The van der Waals surface area contributed by atoms with Crippen LogP contribution in [0.1, 0.15) is 22.3 Å². The molecule has 0 aliphatic carbocycles. The molecule has 27 heavy (non-hydrogen) atoms. The fourth-order valence-corrected chi connectivity index (χ4v) is 3.79. The molecule has 140 valence electrons. The third kappa shape index (κ3) is 4.65. The van der Waals surface area contributed by atoms with E-state index in [1.54, 1.807) is 7.11 Å². The zero-order chi connectivity index (χ0) is 19.4. The van der Waals surface area contributed by atoms with Gasteiger partial charge in [-0.15, -0.1) is 11.3 Å². The molecule has 0 aliphatic heterocycles. The standard InChI is InChI=1S/C21H23N3O2S/c1-13-9-14(2)19(15(3)10-13)18-12-27-21(23-18)24-20(25)22-11-16-5-7-17(26-4)8-6-16/h5-10,12H,11H2,1-4H3,(H2,22,23,24,25). The minimum absolute atomic E-state index is 0.274. The van der Waals surface area contributed by atoms with Gasteiger partial charge in [0.2, 0.25) is 0 Å². The summed E-state index contributed by atoms with van der Waals surface area (Å²) < 4.78 is 5.13. The fraction of sp³-hybridized carbons (Fsp3) is 0.238. The third-order valence-corrected chi connectivity index (χ3v) is 5.03. The highest BCUT2D eigenvalue weighted by Crippen LogP contribution is 2.31. The second kappa shape index (κ2) is 8.22. The average molecular weight is 382 g/mol. The smallest absolute Gasteiger partial charge is 0.321 e. The number of urea groups is 1. The Hall–Kier alpha value is -2.86. The van der Waals surface area contributed by atoms with Crippen LogP contribution in [0.25, 0.3) is 11.3 Å². The molecule has 0 aliphatic rings. The van der Waals surface area contributed by atoms with E-state index < -0.39 is 0 Å². The molecule has 0 unspecified atom stereocenters. The number of hydrogen-bond donors (Lipinski definition) is 2. The molecule has 2 amide bonds. The Kier molecular flexibility index (Phi) is 5.76. The van der Waals surface area contributed by atoms with Crippen molar-refractivity contribution in [2.75, 3.05) is 12.4 Å². The number of amides is 2. The lowest BCUT2D eigenvalue weighted by atomic mass is 9.98. The highest BCUT2D eigenvalue weighted by Gasteiger charge is 2.12. The van der Waals surface area contributed by atoms with E-state index in [2.05, 4.69) is 48.5 Å². The van der Waals surface area contributed by atoms with Crippen molar-refractivity contribution in [3.05, 3.63) is 64.0 Å². The monoisotopic (exact) mass is 381 g/mol. The highest BCUT2D eigenvalue weighted by atomic mass is 32.1. The molecule has 2 aromatic carbocycles. The van der Waals surface area contributed by atoms with Gasteiger partial charge in [0.1, 0.15) is 5.75 Å². The summed E-state index contributed by atoms with van der Waals surface area (Å²) in [6, 6.07) is 11.6. The largest absolute Gasteiger partial charge is 0.497 e. The Balaban J connectivity index is 1.62. The van der Waals surface area contributed by atoms with Crippen molar-refractivity contribution in [1.82, 2.24) is 10.3 Å². The zero-order valence-corrected chi connectivity index (χ0v) is 16.7. The van der Waals surface area contributed by atoms with Crippen molar-refractivity contribution in [3.63, 3.8) is 0 Å². The zero-order valence-electron chi connectivity index (χ0n) is 15.9. The predicted octanol–water partition coefficient (Wildman–Crippen LogP) is 5.07. The molecule has 0 saturated carbocycles. The van der Waals surface area contributed by atoms with Crippen LogP contribution in [0.4, 0.5) is 9.93 Å². The lowest BCUT2D eigenvalue weighted by Gasteiger charge is -2.09. The first-order valence-electron chi connectivity index (χ1n) is 8.68. The number of aryl methyl sites for hydroxylation is 3. The van der Waals surface area contributed by atoms with E-state index in [1.165, 1.54) is 28.0 Å². The number of aromatic nitrogens is 1. The topological polar surface area (TPSA) is 63.2 Å². The number of nitrogens with zero attached hydrogens (tertiary/aromatic N) is 1. The van der Waals surface area contributed by atoms with Gasteiger partial charge in [-0.1, -0.05) is 29.8 Å². The lowest BCUT2D eigenvalue weighted by molar-refractivity contribution is 0.251. The number of methoxy groups -OCH3 is 1. The molecule has 0 fully saturated rings. The Bertz CT molecular complexity index is 925. The molecule has 0 spiro atoms. The summed E-state index contributed by atoms with van der Waals surface area (Å²) in [5.74, 6) is 0.792. The van der Waals surface area contributed by atoms with E-state index in [-0.39, 0.29) is 6.03 Å². The van der Waals surface area contributed by atoms with Gasteiger partial charge >= 0.3 is 6.03 Å². The van der Waals surface area contributed by atoms with Crippen LogP contribution < -0.4 is 15.4 Å². The van der Waals surface area contributed by atoms with E-state index in [4.69, 9.17) is 4.74 Å². The van der Waals surface area contributed by atoms with Crippen LogP contribution in [-0.2, 0) is 6.54 Å². The van der Waals surface area contributed by atoms with Gasteiger partial charge < -0.3 is 10.1 Å².